The number of hydroxylamine groups is 2. The molecule has 2 bridgehead atoms. The molecule has 1 unspecified atom stereocenters. The molecule has 3 saturated heterocycles. The number of carbonyl (C=O) groups excluding carboxylic acids is 2. The summed E-state index contributed by atoms with van der Waals surface area (Å²) in [5, 5.41) is 6.85. The van der Waals surface area contributed by atoms with Crippen LogP contribution in [0.2, 0.25) is 0 Å². The molecule has 11 heteroatoms. The van der Waals surface area contributed by atoms with Crippen molar-refractivity contribution in [3.05, 3.63) is 0 Å². The van der Waals surface area contributed by atoms with Crippen molar-refractivity contribution in [1.29, 1.82) is 0 Å². The van der Waals surface area contributed by atoms with Gasteiger partial charge in [-0.15, -0.1) is 4.28 Å². The Kier molecular flexibility index (Phi) is 3.53. The van der Waals surface area contributed by atoms with Gasteiger partial charge in [0, 0.05) is 19.1 Å². The van der Waals surface area contributed by atoms with Crippen LogP contribution in [0.1, 0.15) is 25.7 Å². The van der Waals surface area contributed by atoms with E-state index >= 15 is 0 Å². The maximum Gasteiger partial charge on any atom is 0.418 e. The topological polar surface area (TPSA) is 128 Å². The average Bonchev–Trinajstić information content (AvgIpc) is 2.96. The van der Waals surface area contributed by atoms with E-state index in [2.05, 4.69) is 14.9 Å². The number of fused-ring (bicyclic) bond motifs is 3. The lowest BCUT2D eigenvalue weighted by atomic mass is 9.85. The summed E-state index contributed by atoms with van der Waals surface area (Å²) >= 11 is 0. The van der Waals surface area contributed by atoms with Crippen molar-refractivity contribution < 1.29 is 26.8 Å². The number of amides is 3. The number of hydrogen-bond acceptors (Lipinski definition) is 6. The van der Waals surface area contributed by atoms with Crippen molar-refractivity contribution in [2.75, 3.05) is 19.6 Å². The maximum absolute atomic E-state index is 12.6. The molecule has 1 saturated carbocycles. The first kappa shape index (κ1) is 16.1. The second kappa shape index (κ2) is 5.28. The molecule has 24 heavy (non-hydrogen) atoms. The van der Waals surface area contributed by atoms with Crippen molar-refractivity contribution in [3.63, 3.8) is 0 Å². The number of hydrogen-bond donors (Lipinski definition) is 3. The molecule has 0 radical (unpaired) electrons. The van der Waals surface area contributed by atoms with Crippen LogP contribution in [0, 0.1) is 5.41 Å². The first-order chi connectivity index (χ1) is 11.3. The molecule has 4 aliphatic rings. The predicted octanol–water partition coefficient (Wildman–Crippen LogP) is -1.14. The molecule has 3 N–H and O–H groups in total. The van der Waals surface area contributed by atoms with E-state index in [9.17, 15) is 18.0 Å². The summed E-state index contributed by atoms with van der Waals surface area (Å²) in [5.41, 5.74) is -0.302. The highest BCUT2D eigenvalue weighted by atomic mass is 32.3. The zero-order chi connectivity index (χ0) is 17.1. The lowest BCUT2D eigenvalue weighted by Gasteiger charge is -2.36. The molecule has 10 nitrogen and oxygen atoms in total. The van der Waals surface area contributed by atoms with Crippen molar-refractivity contribution in [1.82, 2.24) is 20.6 Å². The van der Waals surface area contributed by atoms with E-state index < -0.39 is 28.5 Å². The van der Waals surface area contributed by atoms with Crippen molar-refractivity contribution in [2.24, 2.45) is 5.41 Å². The van der Waals surface area contributed by atoms with Gasteiger partial charge in [-0.3, -0.25) is 9.35 Å². The van der Waals surface area contributed by atoms with Crippen LogP contribution in [0.25, 0.3) is 0 Å². The summed E-state index contributed by atoms with van der Waals surface area (Å²) in [5.74, 6) is -0.213. The summed E-state index contributed by atoms with van der Waals surface area (Å²) in [7, 11) is -4.79. The van der Waals surface area contributed by atoms with Gasteiger partial charge in [0.2, 0.25) is 5.91 Å². The smallest absolute Gasteiger partial charge is 0.350 e. The zero-order valence-electron chi connectivity index (χ0n) is 13.0. The van der Waals surface area contributed by atoms with Crippen molar-refractivity contribution >= 4 is 22.3 Å². The van der Waals surface area contributed by atoms with Crippen LogP contribution in [-0.2, 0) is 19.5 Å². The summed E-state index contributed by atoms with van der Waals surface area (Å²) < 4.78 is 35.5. The van der Waals surface area contributed by atoms with Gasteiger partial charge in [-0.25, -0.2) is 4.79 Å². The number of rotatable bonds is 4. The Labute approximate surface area is 139 Å². The molecule has 0 aromatic rings. The molecule has 4 fully saturated rings. The second-order valence-corrected chi connectivity index (χ2v) is 8.06. The summed E-state index contributed by atoms with van der Waals surface area (Å²) in [6.07, 6.45) is 2.94. The minimum absolute atomic E-state index is 0.0493. The Hall–Kier alpha value is -1.43. The van der Waals surface area contributed by atoms with Crippen molar-refractivity contribution in [3.8, 4) is 0 Å². The third-order valence-corrected chi connectivity index (χ3v) is 5.89. The fourth-order valence-electron chi connectivity index (χ4n) is 4.13. The van der Waals surface area contributed by atoms with Gasteiger partial charge < -0.3 is 15.5 Å². The van der Waals surface area contributed by atoms with Crippen molar-refractivity contribution in [2.45, 2.75) is 43.8 Å². The Bertz CT molecular complexity index is 672. The van der Waals surface area contributed by atoms with Gasteiger partial charge in [-0.05, 0) is 37.6 Å². The number of urea groups is 1. The summed E-state index contributed by atoms with van der Waals surface area (Å²) in [6.45, 7) is 1.79. The third-order valence-electron chi connectivity index (χ3n) is 5.55. The minimum atomic E-state index is -4.79. The van der Waals surface area contributed by atoms with E-state index in [1.54, 1.807) is 0 Å². The molecule has 3 amide bonds. The fourth-order valence-corrected chi connectivity index (χ4v) is 4.50. The molecular formula is C13H20N4O6S. The first-order valence-electron chi connectivity index (χ1n) is 8.07. The average molecular weight is 360 g/mol. The highest BCUT2D eigenvalue weighted by Gasteiger charge is 2.65. The minimum Gasteiger partial charge on any atom is -0.350 e. The van der Waals surface area contributed by atoms with Gasteiger partial charge in [-0.2, -0.15) is 13.5 Å². The number of nitrogens with zero attached hydrogens (tertiary/aromatic N) is 2. The Balaban J connectivity index is 1.54. The molecule has 4 rings (SSSR count). The lowest BCUT2D eigenvalue weighted by molar-refractivity contribution is -0.127. The highest BCUT2D eigenvalue weighted by Crippen LogP contribution is 2.59. The maximum atomic E-state index is 12.6. The summed E-state index contributed by atoms with van der Waals surface area (Å²) in [4.78, 5) is 26.5. The SMILES string of the molecule is O=C(NC1CCNC1)[C@@H]1CC2(CC2)[C@@H]2CN1C(=O)N2OS(=O)(=O)O. The summed E-state index contributed by atoms with van der Waals surface area (Å²) in [6, 6.07) is -1.73. The molecule has 3 heterocycles. The van der Waals surface area contributed by atoms with E-state index in [0.29, 0.717) is 13.0 Å². The van der Waals surface area contributed by atoms with E-state index in [4.69, 9.17) is 4.55 Å². The van der Waals surface area contributed by atoms with E-state index in [1.165, 1.54) is 4.90 Å². The van der Waals surface area contributed by atoms with Crippen LogP contribution < -0.4 is 10.6 Å². The highest BCUT2D eigenvalue weighted by molar-refractivity contribution is 7.80. The monoisotopic (exact) mass is 360 g/mol. The quantitative estimate of drug-likeness (QED) is 0.541. The van der Waals surface area contributed by atoms with E-state index in [1.807, 2.05) is 0 Å². The van der Waals surface area contributed by atoms with Gasteiger partial charge in [0.1, 0.15) is 6.04 Å². The Morgan fingerprint density at radius 1 is 1.42 bits per heavy atom. The van der Waals surface area contributed by atoms with E-state index in [-0.39, 0.29) is 23.9 Å². The standard InChI is InChI=1S/C13H20N4O6S/c18-11(15-8-1-4-14-6-8)9-5-13(2-3-13)10-7-16(9)12(19)17(10)23-24(20,21)22/h8-10,14H,1-7H2,(H,15,18)(H,20,21,22)/t8?,9-,10-/m0/s1. The molecule has 0 aromatic carbocycles. The van der Waals surface area contributed by atoms with Gasteiger partial charge in [0.05, 0.1) is 6.04 Å². The van der Waals surface area contributed by atoms with E-state index in [0.717, 1.165) is 30.9 Å². The molecule has 1 aliphatic carbocycles. The molecule has 3 aliphatic heterocycles. The zero-order valence-corrected chi connectivity index (χ0v) is 13.8. The van der Waals surface area contributed by atoms with Gasteiger partial charge in [-0.1, -0.05) is 0 Å². The third kappa shape index (κ3) is 2.65. The van der Waals surface area contributed by atoms with Crippen LogP contribution in [-0.4, -0.2) is 72.6 Å². The number of piperidine rings is 1. The predicted molar refractivity (Wildman–Crippen MR) is 79.9 cm³/mol. The van der Waals surface area contributed by atoms with Crippen LogP contribution in [0.4, 0.5) is 4.79 Å². The molecule has 3 atom stereocenters. The fraction of sp³-hybridized carbons (Fsp3) is 0.846. The van der Waals surface area contributed by atoms with Crippen LogP contribution in [0.5, 0.6) is 0 Å². The number of carbonyl (C=O) groups is 2. The molecule has 1 spiro atoms. The lowest BCUT2D eigenvalue weighted by Crippen LogP contribution is -2.54. The molecule has 0 aromatic heterocycles. The van der Waals surface area contributed by atoms with Crippen LogP contribution in [0.3, 0.4) is 0 Å². The Morgan fingerprint density at radius 3 is 2.75 bits per heavy atom. The van der Waals surface area contributed by atoms with Gasteiger partial charge in [0.15, 0.2) is 0 Å². The normalized spacial score (nSPS) is 34.0. The van der Waals surface area contributed by atoms with Gasteiger partial charge in [0.25, 0.3) is 0 Å². The van der Waals surface area contributed by atoms with Gasteiger partial charge >= 0.3 is 16.4 Å². The second-order valence-electron chi connectivity index (χ2n) is 7.06. The van der Waals surface area contributed by atoms with Crippen LogP contribution >= 0.6 is 0 Å². The Morgan fingerprint density at radius 2 is 2.17 bits per heavy atom. The van der Waals surface area contributed by atoms with Crippen LogP contribution in [0.15, 0.2) is 0 Å². The first-order valence-corrected chi connectivity index (χ1v) is 9.44. The number of nitrogens with one attached hydrogen (secondary N) is 2. The molecular weight excluding hydrogens is 340 g/mol. The molecule has 134 valence electrons. The largest absolute Gasteiger partial charge is 0.418 e.